The van der Waals surface area contributed by atoms with Crippen LogP contribution in [0.1, 0.15) is 0 Å². The molecule has 0 saturated carbocycles. The molecule has 2 heterocycles. The highest BCUT2D eigenvalue weighted by Crippen LogP contribution is 2.15. The summed E-state index contributed by atoms with van der Waals surface area (Å²) >= 11 is 0. The fourth-order valence-corrected chi connectivity index (χ4v) is 2.17. The third kappa shape index (κ3) is 2.87. The number of aromatic nitrogens is 4. The van der Waals surface area contributed by atoms with E-state index in [9.17, 15) is 0 Å². The zero-order chi connectivity index (χ0) is 15.5. The lowest BCUT2D eigenvalue weighted by Gasteiger charge is -2.07. The van der Waals surface area contributed by atoms with Gasteiger partial charge in [-0.2, -0.15) is 0 Å². The average Bonchev–Trinajstić information content (AvgIpc) is 2.61. The molecular formula is C17H12N4O2. The molecule has 0 amide bonds. The minimum Gasteiger partial charge on any atom is -0.439 e. The predicted octanol–water partition coefficient (Wildman–Crippen LogP) is 2.99. The SMILES string of the molecule is c1ccc2nc(OCOc3cnc4ccccc4n3)cnc2c1. The monoisotopic (exact) mass is 304 g/mol. The van der Waals surface area contributed by atoms with Gasteiger partial charge in [0.25, 0.3) is 0 Å². The van der Waals surface area contributed by atoms with Crippen molar-refractivity contribution in [1.82, 2.24) is 19.9 Å². The summed E-state index contributed by atoms with van der Waals surface area (Å²) in [7, 11) is 0. The molecule has 0 unspecified atom stereocenters. The average molecular weight is 304 g/mol. The highest BCUT2D eigenvalue weighted by Gasteiger charge is 2.02. The maximum absolute atomic E-state index is 5.47. The molecule has 6 heteroatoms. The Bertz CT molecular complexity index is 895. The van der Waals surface area contributed by atoms with Crippen molar-refractivity contribution in [3.05, 3.63) is 60.9 Å². The van der Waals surface area contributed by atoms with E-state index < -0.39 is 0 Å². The third-order valence-corrected chi connectivity index (χ3v) is 3.27. The van der Waals surface area contributed by atoms with Gasteiger partial charge in [0.05, 0.1) is 34.5 Å². The van der Waals surface area contributed by atoms with Crippen molar-refractivity contribution in [3.63, 3.8) is 0 Å². The van der Waals surface area contributed by atoms with E-state index >= 15 is 0 Å². The molecule has 0 spiro atoms. The van der Waals surface area contributed by atoms with Crippen molar-refractivity contribution < 1.29 is 9.47 Å². The summed E-state index contributed by atoms with van der Waals surface area (Å²) in [4.78, 5) is 17.3. The first-order valence-corrected chi connectivity index (χ1v) is 7.08. The van der Waals surface area contributed by atoms with E-state index in [1.807, 2.05) is 48.5 Å². The number of fused-ring (bicyclic) bond motifs is 2. The molecule has 6 nitrogen and oxygen atoms in total. The van der Waals surface area contributed by atoms with Crippen LogP contribution in [0, 0.1) is 0 Å². The first-order chi connectivity index (χ1) is 11.4. The fraction of sp³-hybridized carbons (Fsp3) is 0.0588. The fourth-order valence-electron chi connectivity index (χ4n) is 2.17. The largest absolute Gasteiger partial charge is 0.439 e. The topological polar surface area (TPSA) is 70.0 Å². The van der Waals surface area contributed by atoms with Crippen LogP contribution in [-0.2, 0) is 0 Å². The van der Waals surface area contributed by atoms with Gasteiger partial charge in [-0.05, 0) is 24.3 Å². The molecule has 4 aromatic rings. The standard InChI is InChI=1S/C17H12N4O2/c1-3-7-14-12(5-1)18-9-16(20-14)22-11-23-17-10-19-13-6-2-4-8-15(13)21-17/h1-10H,11H2. The zero-order valence-electron chi connectivity index (χ0n) is 12.1. The van der Waals surface area contributed by atoms with Crippen LogP contribution in [0.4, 0.5) is 0 Å². The molecule has 0 bridgehead atoms. The summed E-state index contributed by atoms with van der Waals surface area (Å²) in [5.74, 6) is 0.801. The van der Waals surface area contributed by atoms with Gasteiger partial charge in [0, 0.05) is 0 Å². The number of hydrogen-bond acceptors (Lipinski definition) is 6. The Morgan fingerprint density at radius 3 is 1.52 bits per heavy atom. The second-order valence-electron chi connectivity index (χ2n) is 4.80. The van der Waals surface area contributed by atoms with Crippen LogP contribution in [0.15, 0.2) is 60.9 Å². The van der Waals surface area contributed by atoms with Gasteiger partial charge in [0.2, 0.25) is 18.6 Å². The number of benzene rings is 2. The summed E-state index contributed by atoms with van der Waals surface area (Å²) in [6, 6.07) is 15.2. The lowest BCUT2D eigenvalue weighted by Crippen LogP contribution is -2.08. The molecule has 0 N–H and O–H groups in total. The van der Waals surface area contributed by atoms with E-state index in [4.69, 9.17) is 9.47 Å². The number of hydrogen-bond donors (Lipinski definition) is 0. The zero-order valence-corrected chi connectivity index (χ0v) is 12.1. The number of nitrogens with zero attached hydrogens (tertiary/aromatic N) is 4. The van der Waals surface area contributed by atoms with E-state index in [-0.39, 0.29) is 6.79 Å². The molecule has 0 aliphatic carbocycles. The van der Waals surface area contributed by atoms with Gasteiger partial charge in [-0.15, -0.1) is 0 Å². The highest BCUT2D eigenvalue weighted by atomic mass is 16.7. The van der Waals surface area contributed by atoms with Crippen molar-refractivity contribution in [2.45, 2.75) is 0 Å². The maximum Gasteiger partial charge on any atom is 0.235 e. The van der Waals surface area contributed by atoms with Gasteiger partial charge in [-0.3, -0.25) is 0 Å². The Hall–Kier alpha value is -3.28. The van der Waals surface area contributed by atoms with Crippen molar-refractivity contribution in [1.29, 1.82) is 0 Å². The molecule has 0 aliphatic heterocycles. The molecule has 0 fully saturated rings. The Labute approximate surface area is 131 Å². The van der Waals surface area contributed by atoms with Crippen LogP contribution < -0.4 is 9.47 Å². The second kappa shape index (κ2) is 5.84. The smallest absolute Gasteiger partial charge is 0.235 e. The molecule has 0 radical (unpaired) electrons. The van der Waals surface area contributed by atoms with Crippen LogP contribution in [0.25, 0.3) is 22.1 Å². The predicted molar refractivity (Wildman–Crippen MR) is 85.2 cm³/mol. The van der Waals surface area contributed by atoms with Crippen molar-refractivity contribution >= 4 is 22.1 Å². The van der Waals surface area contributed by atoms with Crippen LogP contribution in [0.2, 0.25) is 0 Å². The van der Waals surface area contributed by atoms with E-state index in [1.54, 1.807) is 12.4 Å². The van der Waals surface area contributed by atoms with E-state index in [0.717, 1.165) is 22.1 Å². The molecule has 2 aromatic carbocycles. The van der Waals surface area contributed by atoms with Gasteiger partial charge in [-0.1, -0.05) is 24.3 Å². The summed E-state index contributed by atoms with van der Waals surface area (Å²) in [6.07, 6.45) is 3.13. The molecule has 0 saturated heterocycles. The minimum absolute atomic E-state index is 0.0138. The van der Waals surface area contributed by atoms with Gasteiger partial charge in [0.1, 0.15) is 0 Å². The molecule has 112 valence electrons. The third-order valence-electron chi connectivity index (χ3n) is 3.27. The molecule has 2 aromatic heterocycles. The van der Waals surface area contributed by atoms with E-state index in [1.165, 1.54) is 0 Å². The maximum atomic E-state index is 5.47. The first kappa shape index (κ1) is 13.4. The molecule has 0 atom stereocenters. The molecular weight excluding hydrogens is 292 g/mol. The van der Waals surface area contributed by atoms with Crippen LogP contribution in [0.5, 0.6) is 11.8 Å². The van der Waals surface area contributed by atoms with Gasteiger partial charge < -0.3 is 9.47 Å². The lowest BCUT2D eigenvalue weighted by molar-refractivity contribution is 0.110. The highest BCUT2D eigenvalue weighted by molar-refractivity contribution is 5.74. The molecule has 23 heavy (non-hydrogen) atoms. The molecule has 0 aliphatic rings. The van der Waals surface area contributed by atoms with Crippen molar-refractivity contribution in [2.24, 2.45) is 0 Å². The van der Waals surface area contributed by atoms with Gasteiger partial charge in [-0.25, -0.2) is 19.9 Å². The Morgan fingerprint density at radius 2 is 1.04 bits per heavy atom. The van der Waals surface area contributed by atoms with E-state index in [2.05, 4.69) is 19.9 Å². The Balaban J connectivity index is 1.45. The molecule has 4 rings (SSSR count). The van der Waals surface area contributed by atoms with Crippen LogP contribution >= 0.6 is 0 Å². The second-order valence-corrected chi connectivity index (χ2v) is 4.80. The summed E-state index contributed by atoms with van der Waals surface area (Å²) < 4.78 is 10.9. The Kier molecular flexibility index (Phi) is 3.40. The summed E-state index contributed by atoms with van der Waals surface area (Å²) in [6.45, 7) is -0.0138. The number of ether oxygens (including phenoxy) is 2. The quantitative estimate of drug-likeness (QED) is 0.540. The van der Waals surface area contributed by atoms with E-state index in [0.29, 0.717) is 11.8 Å². The summed E-state index contributed by atoms with van der Waals surface area (Å²) in [5, 5.41) is 0. The first-order valence-electron chi connectivity index (χ1n) is 7.08. The van der Waals surface area contributed by atoms with Gasteiger partial charge >= 0.3 is 0 Å². The van der Waals surface area contributed by atoms with Crippen molar-refractivity contribution in [2.75, 3.05) is 6.79 Å². The number of rotatable bonds is 4. The van der Waals surface area contributed by atoms with Crippen molar-refractivity contribution in [3.8, 4) is 11.8 Å². The lowest BCUT2D eigenvalue weighted by atomic mass is 10.3. The Morgan fingerprint density at radius 1 is 0.609 bits per heavy atom. The number of para-hydroxylation sites is 4. The van der Waals surface area contributed by atoms with Gasteiger partial charge in [0.15, 0.2) is 0 Å². The van der Waals surface area contributed by atoms with Crippen LogP contribution in [-0.4, -0.2) is 26.7 Å². The summed E-state index contributed by atoms with van der Waals surface area (Å²) in [5.41, 5.74) is 3.19. The normalized spacial score (nSPS) is 10.8. The van der Waals surface area contributed by atoms with Crippen LogP contribution in [0.3, 0.4) is 0 Å². The minimum atomic E-state index is -0.0138.